The van der Waals surface area contributed by atoms with Crippen LogP contribution in [0.15, 0.2) is 18.5 Å². The Bertz CT molecular complexity index is 400. The molecule has 14 heavy (non-hydrogen) atoms. The van der Waals surface area contributed by atoms with E-state index < -0.39 is 11.9 Å². The smallest absolute Gasteiger partial charge is 0.314 e. The Morgan fingerprint density at radius 1 is 1.57 bits per heavy atom. The molecular weight excluding hydrogens is 182 g/mol. The molecule has 1 aliphatic rings. The first-order chi connectivity index (χ1) is 6.70. The number of carbonyl (C=O) groups is 2. The molecule has 0 aromatic carbocycles. The lowest BCUT2D eigenvalue weighted by molar-refractivity contribution is -0.140. The molecule has 4 nitrogen and oxygen atoms in total. The largest absolute Gasteiger partial charge is 0.481 e. The molecule has 0 aliphatic heterocycles. The lowest BCUT2D eigenvalue weighted by atomic mass is 9.84. The van der Waals surface area contributed by atoms with E-state index in [1.54, 1.807) is 12.3 Å². The zero-order valence-corrected chi connectivity index (χ0v) is 7.43. The summed E-state index contributed by atoms with van der Waals surface area (Å²) in [4.78, 5) is 26.3. The van der Waals surface area contributed by atoms with Gasteiger partial charge in [-0.15, -0.1) is 0 Å². The first kappa shape index (κ1) is 8.87. The quantitative estimate of drug-likeness (QED) is 0.670. The first-order valence-electron chi connectivity index (χ1n) is 4.40. The number of pyridine rings is 1. The molecule has 1 aromatic rings. The molecule has 72 valence electrons. The number of Topliss-reactive ketones (excluding diaryl/α,β-unsaturated/α-hetero) is 1. The fraction of sp³-hybridized carbons (Fsp3) is 0.300. The highest BCUT2D eigenvalue weighted by atomic mass is 16.4. The Balaban J connectivity index is 2.41. The van der Waals surface area contributed by atoms with Gasteiger partial charge in [0.05, 0.1) is 0 Å². The van der Waals surface area contributed by atoms with Crippen molar-refractivity contribution in [2.45, 2.75) is 12.8 Å². The number of aromatic nitrogens is 1. The second kappa shape index (κ2) is 3.21. The SMILES string of the molecule is O=C(O)C1CCc2cnccc2C1=O. The van der Waals surface area contributed by atoms with Crippen LogP contribution in [0.25, 0.3) is 0 Å². The van der Waals surface area contributed by atoms with Crippen LogP contribution in [-0.2, 0) is 11.2 Å². The molecule has 1 heterocycles. The maximum atomic E-state index is 11.6. The van der Waals surface area contributed by atoms with Crippen molar-refractivity contribution in [1.82, 2.24) is 4.98 Å². The van der Waals surface area contributed by atoms with Crippen LogP contribution in [0.5, 0.6) is 0 Å². The summed E-state index contributed by atoms with van der Waals surface area (Å²) in [6, 6.07) is 1.59. The maximum absolute atomic E-state index is 11.6. The summed E-state index contributed by atoms with van der Waals surface area (Å²) in [6.45, 7) is 0. The van der Waals surface area contributed by atoms with E-state index in [1.807, 2.05) is 0 Å². The zero-order chi connectivity index (χ0) is 10.1. The maximum Gasteiger partial charge on any atom is 0.314 e. The van der Waals surface area contributed by atoms with Gasteiger partial charge in [-0.1, -0.05) is 0 Å². The van der Waals surface area contributed by atoms with Crippen molar-refractivity contribution < 1.29 is 14.7 Å². The van der Waals surface area contributed by atoms with E-state index in [-0.39, 0.29) is 5.78 Å². The Morgan fingerprint density at radius 2 is 2.36 bits per heavy atom. The second-order valence-electron chi connectivity index (χ2n) is 3.33. The predicted molar refractivity (Wildman–Crippen MR) is 48.0 cm³/mol. The number of carboxylic acids is 1. The van der Waals surface area contributed by atoms with Crippen molar-refractivity contribution in [2.24, 2.45) is 5.92 Å². The molecule has 1 atom stereocenters. The summed E-state index contributed by atoms with van der Waals surface area (Å²) < 4.78 is 0. The van der Waals surface area contributed by atoms with E-state index in [0.29, 0.717) is 18.4 Å². The van der Waals surface area contributed by atoms with Crippen molar-refractivity contribution in [3.8, 4) is 0 Å². The molecule has 0 saturated heterocycles. The van der Waals surface area contributed by atoms with Crippen molar-refractivity contribution in [3.05, 3.63) is 29.6 Å². The van der Waals surface area contributed by atoms with E-state index in [4.69, 9.17) is 5.11 Å². The highest BCUT2D eigenvalue weighted by molar-refractivity contribution is 6.09. The Hall–Kier alpha value is -1.71. The van der Waals surface area contributed by atoms with Crippen LogP contribution in [-0.4, -0.2) is 21.8 Å². The van der Waals surface area contributed by atoms with Gasteiger partial charge in [-0.05, 0) is 24.5 Å². The van der Waals surface area contributed by atoms with Gasteiger partial charge in [-0.25, -0.2) is 0 Å². The minimum absolute atomic E-state index is 0.291. The van der Waals surface area contributed by atoms with Gasteiger partial charge in [0.2, 0.25) is 0 Å². The molecule has 1 N–H and O–H groups in total. The first-order valence-corrected chi connectivity index (χ1v) is 4.40. The number of aliphatic carboxylic acids is 1. The number of ketones is 1. The van der Waals surface area contributed by atoms with E-state index in [2.05, 4.69) is 4.98 Å². The molecular formula is C10H9NO3. The number of hydrogen-bond acceptors (Lipinski definition) is 3. The van der Waals surface area contributed by atoms with Crippen LogP contribution < -0.4 is 0 Å². The molecule has 0 fully saturated rings. The Kier molecular flexibility index (Phi) is 2.04. The van der Waals surface area contributed by atoms with Crippen molar-refractivity contribution in [2.75, 3.05) is 0 Å². The normalized spacial score (nSPS) is 20.3. The average molecular weight is 191 g/mol. The fourth-order valence-electron chi connectivity index (χ4n) is 1.72. The minimum atomic E-state index is -1.03. The minimum Gasteiger partial charge on any atom is -0.481 e. The molecule has 0 amide bonds. The molecule has 1 unspecified atom stereocenters. The van der Waals surface area contributed by atoms with Gasteiger partial charge in [0, 0.05) is 18.0 Å². The molecule has 0 bridgehead atoms. The van der Waals surface area contributed by atoms with Gasteiger partial charge < -0.3 is 5.11 Å². The second-order valence-corrected chi connectivity index (χ2v) is 3.33. The number of hydrogen-bond donors (Lipinski definition) is 1. The van der Waals surface area contributed by atoms with Crippen molar-refractivity contribution in [1.29, 1.82) is 0 Å². The lowest BCUT2D eigenvalue weighted by Crippen LogP contribution is -2.29. The standard InChI is InChI=1S/C10H9NO3/c12-9-7-3-4-11-5-6(7)1-2-8(9)10(13)14/h3-5,8H,1-2H2,(H,13,14). The number of nitrogens with zero attached hydrogens (tertiary/aromatic N) is 1. The molecule has 4 heteroatoms. The topological polar surface area (TPSA) is 67.3 Å². The highest BCUT2D eigenvalue weighted by Crippen LogP contribution is 2.24. The third-order valence-corrected chi connectivity index (χ3v) is 2.49. The van der Waals surface area contributed by atoms with Crippen LogP contribution in [0.3, 0.4) is 0 Å². The Morgan fingerprint density at radius 3 is 3.07 bits per heavy atom. The van der Waals surface area contributed by atoms with Gasteiger partial charge in [-0.2, -0.15) is 0 Å². The molecule has 1 aliphatic carbocycles. The number of aryl methyl sites for hydroxylation is 1. The monoisotopic (exact) mass is 191 g/mol. The highest BCUT2D eigenvalue weighted by Gasteiger charge is 2.32. The van der Waals surface area contributed by atoms with Gasteiger partial charge in [0.1, 0.15) is 5.92 Å². The van der Waals surface area contributed by atoms with Crippen LogP contribution in [0.4, 0.5) is 0 Å². The summed E-state index contributed by atoms with van der Waals surface area (Å²) >= 11 is 0. The van der Waals surface area contributed by atoms with Gasteiger partial charge in [0.25, 0.3) is 0 Å². The molecule has 1 aromatic heterocycles. The van der Waals surface area contributed by atoms with Crippen LogP contribution in [0.1, 0.15) is 22.3 Å². The van der Waals surface area contributed by atoms with E-state index >= 15 is 0 Å². The molecule has 0 radical (unpaired) electrons. The summed E-state index contributed by atoms with van der Waals surface area (Å²) in [5.74, 6) is -2.19. The van der Waals surface area contributed by atoms with Gasteiger partial charge in [0.15, 0.2) is 5.78 Å². The van der Waals surface area contributed by atoms with Crippen LogP contribution in [0.2, 0.25) is 0 Å². The summed E-state index contributed by atoms with van der Waals surface area (Å²) in [7, 11) is 0. The van der Waals surface area contributed by atoms with Crippen molar-refractivity contribution in [3.63, 3.8) is 0 Å². The zero-order valence-electron chi connectivity index (χ0n) is 7.43. The number of rotatable bonds is 1. The van der Waals surface area contributed by atoms with Gasteiger partial charge >= 0.3 is 5.97 Å². The molecule has 0 saturated carbocycles. The lowest BCUT2D eigenvalue weighted by Gasteiger charge is -2.19. The third kappa shape index (κ3) is 1.28. The van der Waals surface area contributed by atoms with Crippen LogP contribution >= 0.6 is 0 Å². The number of fused-ring (bicyclic) bond motifs is 1. The van der Waals surface area contributed by atoms with Crippen LogP contribution in [0, 0.1) is 5.92 Å². The summed E-state index contributed by atoms with van der Waals surface area (Å²) in [5.41, 5.74) is 1.37. The summed E-state index contributed by atoms with van der Waals surface area (Å²) in [6.07, 6.45) is 4.14. The average Bonchev–Trinajstić information content (AvgIpc) is 2.18. The number of carbonyl (C=O) groups excluding carboxylic acids is 1. The van der Waals surface area contributed by atoms with Crippen molar-refractivity contribution >= 4 is 11.8 Å². The fourth-order valence-corrected chi connectivity index (χ4v) is 1.72. The molecule has 0 spiro atoms. The van der Waals surface area contributed by atoms with Gasteiger partial charge in [-0.3, -0.25) is 14.6 Å². The molecule has 2 rings (SSSR count). The van der Waals surface area contributed by atoms with E-state index in [9.17, 15) is 9.59 Å². The summed E-state index contributed by atoms with van der Waals surface area (Å²) in [5, 5.41) is 8.80. The third-order valence-electron chi connectivity index (χ3n) is 2.49. The van der Waals surface area contributed by atoms with E-state index in [0.717, 1.165) is 5.56 Å². The van der Waals surface area contributed by atoms with E-state index in [1.165, 1.54) is 6.20 Å². The number of carboxylic acid groups (broad SMARTS) is 1. The predicted octanol–water partition coefficient (Wildman–Crippen LogP) is 0.911. The Labute approximate surface area is 80.6 Å².